The number of benzene rings is 1. The Labute approximate surface area is 171 Å². The molecule has 0 spiro atoms. The third-order valence-corrected chi connectivity index (χ3v) is 6.08. The first-order valence-electron chi connectivity index (χ1n) is 10.2. The summed E-state index contributed by atoms with van der Waals surface area (Å²) in [5.41, 5.74) is 0.600. The molecular formula is C21H30ClN3O3. The Bertz CT molecular complexity index is 653. The number of hydrogen-bond acceptors (Lipinski definition) is 4. The minimum absolute atomic E-state index is 0.0189. The van der Waals surface area contributed by atoms with Gasteiger partial charge in [0.05, 0.1) is 13.2 Å². The van der Waals surface area contributed by atoms with E-state index in [-0.39, 0.29) is 23.8 Å². The lowest BCUT2D eigenvalue weighted by Gasteiger charge is -2.48. The maximum atomic E-state index is 12.4. The molecule has 0 bridgehead atoms. The molecule has 2 N–H and O–H groups in total. The van der Waals surface area contributed by atoms with Crippen molar-refractivity contribution in [2.45, 2.75) is 44.1 Å². The van der Waals surface area contributed by atoms with Gasteiger partial charge in [0.2, 0.25) is 5.91 Å². The SMILES string of the molecule is O=C(CCNC(=O)c1ccc(Cl)cc1)NCC1(N2CCOCC2)CCCCC1. The second-order valence-corrected chi connectivity index (χ2v) is 8.11. The molecule has 7 heteroatoms. The molecular weight excluding hydrogens is 378 g/mol. The van der Waals surface area contributed by atoms with Gasteiger partial charge in [-0.05, 0) is 37.1 Å². The molecule has 6 nitrogen and oxygen atoms in total. The van der Waals surface area contributed by atoms with Crippen molar-refractivity contribution in [1.29, 1.82) is 0 Å². The molecule has 0 aromatic heterocycles. The van der Waals surface area contributed by atoms with Crippen molar-refractivity contribution in [3.05, 3.63) is 34.9 Å². The van der Waals surface area contributed by atoms with E-state index in [1.807, 2.05) is 0 Å². The van der Waals surface area contributed by atoms with E-state index >= 15 is 0 Å². The quantitative estimate of drug-likeness (QED) is 0.728. The van der Waals surface area contributed by atoms with Crippen LogP contribution in [0.2, 0.25) is 5.02 Å². The molecule has 2 aliphatic rings. The largest absolute Gasteiger partial charge is 0.379 e. The molecule has 1 saturated heterocycles. The number of morpholine rings is 1. The van der Waals surface area contributed by atoms with E-state index in [9.17, 15) is 9.59 Å². The van der Waals surface area contributed by atoms with Gasteiger partial charge in [0.15, 0.2) is 0 Å². The van der Waals surface area contributed by atoms with Crippen LogP contribution < -0.4 is 10.6 Å². The zero-order valence-electron chi connectivity index (χ0n) is 16.3. The lowest BCUT2D eigenvalue weighted by Crippen LogP contribution is -2.59. The summed E-state index contributed by atoms with van der Waals surface area (Å²) < 4.78 is 5.50. The van der Waals surface area contributed by atoms with Gasteiger partial charge in [0, 0.05) is 48.7 Å². The highest BCUT2D eigenvalue weighted by molar-refractivity contribution is 6.30. The molecule has 1 aromatic carbocycles. The van der Waals surface area contributed by atoms with Gasteiger partial charge in [0.1, 0.15) is 0 Å². The van der Waals surface area contributed by atoms with E-state index < -0.39 is 0 Å². The number of carbonyl (C=O) groups excluding carboxylic acids is 2. The maximum absolute atomic E-state index is 12.4. The van der Waals surface area contributed by atoms with Gasteiger partial charge in [-0.1, -0.05) is 30.9 Å². The van der Waals surface area contributed by atoms with Crippen LogP contribution in [-0.2, 0) is 9.53 Å². The fraction of sp³-hybridized carbons (Fsp3) is 0.619. The molecule has 1 aliphatic heterocycles. The highest BCUT2D eigenvalue weighted by atomic mass is 35.5. The van der Waals surface area contributed by atoms with Gasteiger partial charge in [-0.3, -0.25) is 14.5 Å². The second kappa shape index (κ2) is 10.2. The second-order valence-electron chi connectivity index (χ2n) is 7.67. The van der Waals surface area contributed by atoms with Crippen LogP contribution in [0.3, 0.4) is 0 Å². The molecule has 0 unspecified atom stereocenters. The smallest absolute Gasteiger partial charge is 0.251 e. The lowest BCUT2D eigenvalue weighted by atomic mass is 9.79. The van der Waals surface area contributed by atoms with Crippen LogP contribution in [0.5, 0.6) is 0 Å². The van der Waals surface area contributed by atoms with Gasteiger partial charge in [0.25, 0.3) is 5.91 Å². The first-order valence-corrected chi connectivity index (χ1v) is 10.6. The Kier molecular flexibility index (Phi) is 7.71. The molecule has 28 heavy (non-hydrogen) atoms. The lowest BCUT2D eigenvalue weighted by molar-refractivity contribution is -0.122. The summed E-state index contributed by atoms with van der Waals surface area (Å²) in [7, 11) is 0. The summed E-state index contributed by atoms with van der Waals surface area (Å²) in [6.07, 6.45) is 6.23. The van der Waals surface area contributed by atoms with E-state index in [4.69, 9.17) is 16.3 Å². The molecule has 0 atom stereocenters. The van der Waals surface area contributed by atoms with E-state index in [1.54, 1.807) is 24.3 Å². The predicted octanol–water partition coefficient (Wildman–Crippen LogP) is 2.61. The summed E-state index contributed by atoms with van der Waals surface area (Å²) in [6.45, 7) is 4.41. The van der Waals surface area contributed by atoms with Gasteiger partial charge >= 0.3 is 0 Å². The summed E-state index contributed by atoms with van der Waals surface area (Å²) in [4.78, 5) is 27.0. The molecule has 2 amide bonds. The van der Waals surface area contributed by atoms with Crippen molar-refractivity contribution in [3.8, 4) is 0 Å². The van der Waals surface area contributed by atoms with E-state index in [0.717, 1.165) is 39.1 Å². The van der Waals surface area contributed by atoms with Crippen molar-refractivity contribution in [3.63, 3.8) is 0 Å². The van der Waals surface area contributed by atoms with Crippen molar-refractivity contribution in [2.24, 2.45) is 0 Å². The standard InChI is InChI=1S/C21H30ClN3O3/c22-18-6-4-17(5-7-18)20(27)23-11-8-19(26)24-16-21(9-2-1-3-10-21)25-12-14-28-15-13-25/h4-7H,1-3,8-16H2,(H,23,27)(H,24,26). The minimum Gasteiger partial charge on any atom is -0.379 e. The summed E-state index contributed by atoms with van der Waals surface area (Å²) >= 11 is 5.83. The van der Waals surface area contributed by atoms with Crippen LogP contribution in [0.25, 0.3) is 0 Å². The fourth-order valence-electron chi connectivity index (χ4n) is 4.20. The van der Waals surface area contributed by atoms with Crippen LogP contribution in [0, 0.1) is 0 Å². The van der Waals surface area contributed by atoms with E-state index in [1.165, 1.54) is 19.3 Å². The van der Waals surface area contributed by atoms with Crippen molar-refractivity contribution < 1.29 is 14.3 Å². The molecule has 1 aromatic rings. The molecule has 1 aliphatic carbocycles. The monoisotopic (exact) mass is 407 g/mol. The number of halogens is 1. The first kappa shape index (κ1) is 21.1. The molecule has 0 radical (unpaired) electrons. The number of carbonyl (C=O) groups is 2. The number of amides is 2. The van der Waals surface area contributed by atoms with Gasteiger partial charge in [-0.15, -0.1) is 0 Å². The van der Waals surface area contributed by atoms with Crippen molar-refractivity contribution in [2.75, 3.05) is 39.4 Å². The number of rotatable bonds is 7. The highest BCUT2D eigenvalue weighted by Crippen LogP contribution is 2.33. The first-order chi connectivity index (χ1) is 13.6. The Hall–Kier alpha value is -1.63. The van der Waals surface area contributed by atoms with Gasteiger partial charge < -0.3 is 15.4 Å². The third kappa shape index (κ3) is 5.69. The van der Waals surface area contributed by atoms with Crippen molar-refractivity contribution >= 4 is 23.4 Å². The normalized spacial score (nSPS) is 19.8. The zero-order chi connectivity index (χ0) is 19.8. The average molecular weight is 408 g/mol. The molecule has 3 rings (SSSR count). The molecule has 154 valence electrons. The van der Waals surface area contributed by atoms with E-state index in [0.29, 0.717) is 23.7 Å². The Balaban J connectivity index is 1.44. The number of nitrogens with one attached hydrogen (secondary N) is 2. The minimum atomic E-state index is -0.193. The number of nitrogens with zero attached hydrogens (tertiary/aromatic N) is 1. The van der Waals surface area contributed by atoms with Crippen LogP contribution in [0.15, 0.2) is 24.3 Å². The highest BCUT2D eigenvalue weighted by Gasteiger charge is 2.38. The molecule has 2 fully saturated rings. The van der Waals surface area contributed by atoms with Crippen LogP contribution in [-0.4, -0.2) is 61.6 Å². The predicted molar refractivity (Wildman–Crippen MR) is 110 cm³/mol. The summed E-state index contributed by atoms with van der Waals surface area (Å²) in [5, 5.41) is 6.50. The Morgan fingerprint density at radius 3 is 2.39 bits per heavy atom. The van der Waals surface area contributed by atoms with E-state index in [2.05, 4.69) is 15.5 Å². The Morgan fingerprint density at radius 2 is 1.71 bits per heavy atom. The van der Waals surface area contributed by atoms with Gasteiger partial charge in [-0.2, -0.15) is 0 Å². The number of hydrogen-bond donors (Lipinski definition) is 2. The average Bonchev–Trinajstić information content (AvgIpc) is 2.74. The summed E-state index contributed by atoms with van der Waals surface area (Å²) in [6, 6.07) is 6.71. The Morgan fingerprint density at radius 1 is 1.04 bits per heavy atom. The van der Waals surface area contributed by atoms with Crippen LogP contribution in [0.1, 0.15) is 48.9 Å². The topological polar surface area (TPSA) is 70.7 Å². The number of ether oxygens (including phenoxy) is 1. The van der Waals surface area contributed by atoms with Gasteiger partial charge in [-0.25, -0.2) is 0 Å². The van der Waals surface area contributed by atoms with Crippen molar-refractivity contribution in [1.82, 2.24) is 15.5 Å². The zero-order valence-corrected chi connectivity index (χ0v) is 17.1. The third-order valence-electron chi connectivity index (χ3n) is 5.82. The fourth-order valence-corrected chi connectivity index (χ4v) is 4.32. The van der Waals surface area contributed by atoms with Crippen LogP contribution >= 0.6 is 11.6 Å². The molecule has 1 heterocycles. The van der Waals surface area contributed by atoms with Crippen LogP contribution in [0.4, 0.5) is 0 Å². The molecule has 1 saturated carbocycles. The maximum Gasteiger partial charge on any atom is 0.251 e. The summed E-state index contributed by atoms with van der Waals surface area (Å²) in [5.74, 6) is -0.212.